The summed E-state index contributed by atoms with van der Waals surface area (Å²) in [5, 5.41) is 9.53. The molecule has 0 atom stereocenters. The monoisotopic (exact) mass is 341 g/mol. The molecule has 2 aromatic rings. The van der Waals surface area contributed by atoms with E-state index in [1.807, 2.05) is 0 Å². The number of allylic oxidation sites excluding steroid dienone is 1. The maximum Gasteiger partial charge on any atom is 0.433 e. The van der Waals surface area contributed by atoms with Crippen molar-refractivity contribution in [3.05, 3.63) is 53.0 Å². The molecule has 1 heterocycles. The van der Waals surface area contributed by atoms with Crippen LogP contribution in [-0.4, -0.2) is 27.9 Å². The van der Waals surface area contributed by atoms with Crippen LogP contribution in [0.5, 0.6) is 0 Å². The van der Waals surface area contributed by atoms with Crippen LogP contribution in [0.2, 0.25) is 0 Å². The predicted octanol–water partition coefficient (Wildman–Crippen LogP) is 3.48. The van der Waals surface area contributed by atoms with E-state index < -0.39 is 17.9 Å². The van der Waals surface area contributed by atoms with Gasteiger partial charge in [-0.15, -0.1) is 11.3 Å². The number of aliphatic imine (C=N–C) groups is 1. The summed E-state index contributed by atoms with van der Waals surface area (Å²) >= 11 is 0.696. The second-order valence-corrected chi connectivity index (χ2v) is 5.12. The summed E-state index contributed by atoms with van der Waals surface area (Å²) in [5.74, 6) is -1.34. The number of benzene rings is 1. The lowest BCUT2D eigenvalue weighted by atomic mass is 10.1. The highest BCUT2D eigenvalue weighted by Crippen LogP contribution is 2.26. The molecule has 2 rings (SSSR count). The summed E-state index contributed by atoms with van der Waals surface area (Å²) in [6, 6.07) is 8.11. The van der Waals surface area contributed by atoms with Gasteiger partial charge in [0, 0.05) is 11.1 Å². The molecule has 9 heteroatoms. The average molecular weight is 341 g/mol. The summed E-state index contributed by atoms with van der Waals surface area (Å²) in [7, 11) is 0. The van der Waals surface area contributed by atoms with Gasteiger partial charge in [0.05, 0.1) is 0 Å². The van der Waals surface area contributed by atoms with E-state index in [0.717, 1.165) is 5.38 Å². The molecule has 0 unspecified atom stereocenters. The number of hydrogen-bond acceptors (Lipinski definition) is 5. The minimum atomic E-state index is -4.76. The van der Waals surface area contributed by atoms with E-state index in [9.17, 15) is 18.0 Å². The first-order valence-corrected chi connectivity index (χ1v) is 7.02. The third-order valence-electron chi connectivity index (χ3n) is 2.62. The molecule has 0 radical (unpaired) electrons. The molecule has 23 heavy (non-hydrogen) atoms. The molecule has 5 nitrogen and oxygen atoms in total. The van der Waals surface area contributed by atoms with Crippen molar-refractivity contribution in [3.63, 3.8) is 0 Å². The summed E-state index contributed by atoms with van der Waals surface area (Å²) in [5.41, 5.74) is 4.34. The molecule has 0 saturated carbocycles. The van der Waals surface area contributed by atoms with Gasteiger partial charge in [0.2, 0.25) is 5.13 Å². The topological polar surface area (TPSA) is 88.6 Å². The number of carboxylic acids is 1. The van der Waals surface area contributed by atoms with Crippen LogP contribution < -0.4 is 5.73 Å². The lowest BCUT2D eigenvalue weighted by Crippen LogP contribution is -2.21. The second kappa shape index (κ2) is 6.61. The van der Waals surface area contributed by atoms with E-state index in [1.54, 1.807) is 30.3 Å². The van der Waals surface area contributed by atoms with Crippen LogP contribution in [0.3, 0.4) is 0 Å². The number of rotatable bonds is 4. The van der Waals surface area contributed by atoms with Crippen molar-refractivity contribution in [2.24, 2.45) is 10.7 Å². The van der Waals surface area contributed by atoms with Crippen LogP contribution in [0.15, 0.2) is 46.8 Å². The van der Waals surface area contributed by atoms with Crippen molar-refractivity contribution in [1.29, 1.82) is 0 Å². The van der Waals surface area contributed by atoms with Gasteiger partial charge in [-0.25, -0.2) is 14.8 Å². The average Bonchev–Trinajstić information content (AvgIpc) is 2.95. The van der Waals surface area contributed by atoms with Crippen molar-refractivity contribution in [2.45, 2.75) is 6.18 Å². The predicted molar refractivity (Wildman–Crippen MR) is 80.8 cm³/mol. The maximum absolute atomic E-state index is 13.1. The molecule has 0 aliphatic carbocycles. The highest BCUT2D eigenvalue weighted by molar-refractivity contribution is 7.13. The van der Waals surface area contributed by atoms with Crippen molar-refractivity contribution >= 4 is 33.8 Å². The number of nitrogens with two attached hydrogens (primary N) is 1. The molecule has 0 saturated heterocycles. The Morgan fingerprint density at radius 3 is 2.48 bits per heavy atom. The zero-order valence-corrected chi connectivity index (χ0v) is 12.2. The third kappa shape index (κ3) is 4.39. The zero-order valence-electron chi connectivity index (χ0n) is 11.4. The number of halogens is 3. The minimum absolute atomic E-state index is 0.114. The highest BCUT2D eigenvalue weighted by Gasteiger charge is 2.35. The van der Waals surface area contributed by atoms with Crippen LogP contribution in [-0.2, 0) is 0 Å². The van der Waals surface area contributed by atoms with E-state index in [2.05, 4.69) is 9.98 Å². The van der Waals surface area contributed by atoms with Gasteiger partial charge in [-0.05, 0) is 11.6 Å². The van der Waals surface area contributed by atoms with Crippen molar-refractivity contribution in [2.75, 3.05) is 0 Å². The molecule has 1 aromatic carbocycles. The summed E-state index contributed by atoms with van der Waals surface area (Å²) in [4.78, 5) is 17.6. The van der Waals surface area contributed by atoms with Gasteiger partial charge in [0.1, 0.15) is 5.71 Å². The smallest absolute Gasteiger partial charge is 0.433 e. The van der Waals surface area contributed by atoms with Gasteiger partial charge in [-0.1, -0.05) is 30.3 Å². The van der Waals surface area contributed by atoms with E-state index in [0.29, 0.717) is 23.0 Å². The van der Waals surface area contributed by atoms with Gasteiger partial charge < -0.3 is 10.8 Å². The number of carbonyl (C=O) groups is 1. The molecule has 0 amide bonds. The van der Waals surface area contributed by atoms with Crippen LogP contribution >= 0.6 is 11.3 Å². The molecule has 120 valence electrons. The van der Waals surface area contributed by atoms with Crippen LogP contribution in [0.25, 0.3) is 5.70 Å². The van der Waals surface area contributed by atoms with Crippen molar-refractivity contribution in [1.82, 2.24) is 4.98 Å². The van der Waals surface area contributed by atoms with Crippen LogP contribution in [0.1, 0.15) is 16.1 Å². The van der Waals surface area contributed by atoms with Crippen molar-refractivity contribution < 1.29 is 23.1 Å². The molecular weight excluding hydrogens is 331 g/mol. The van der Waals surface area contributed by atoms with Gasteiger partial charge in [-0.3, -0.25) is 0 Å². The second-order valence-electron chi connectivity index (χ2n) is 4.28. The maximum atomic E-state index is 13.1. The summed E-state index contributed by atoms with van der Waals surface area (Å²) in [6.07, 6.45) is -4.06. The largest absolute Gasteiger partial charge is 0.476 e. The number of aromatic nitrogens is 1. The number of carboxylic acid groups (broad SMARTS) is 1. The number of thiazole rings is 1. The first-order valence-electron chi connectivity index (χ1n) is 6.14. The molecule has 0 aliphatic heterocycles. The lowest BCUT2D eigenvalue weighted by molar-refractivity contribution is -0.0576. The molecule has 1 aromatic heterocycles. The van der Waals surface area contributed by atoms with Gasteiger partial charge in [0.25, 0.3) is 0 Å². The molecule has 3 N–H and O–H groups in total. The Kier molecular flexibility index (Phi) is 4.80. The first-order chi connectivity index (χ1) is 10.8. The number of alkyl halides is 3. The molecule has 0 fully saturated rings. The Morgan fingerprint density at radius 2 is 1.96 bits per heavy atom. The first kappa shape index (κ1) is 16.7. The summed E-state index contributed by atoms with van der Waals surface area (Å²) in [6.45, 7) is 0. The number of nitrogens with zero attached hydrogens (tertiary/aromatic N) is 2. The number of hydrogen-bond donors (Lipinski definition) is 2. The van der Waals surface area contributed by atoms with E-state index >= 15 is 0 Å². The normalized spacial score (nSPS) is 13.2. The van der Waals surface area contributed by atoms with Crippen LogP contribution in [0, 0.1) is 0 Å². The minimum Gasteiger partial charge on any atom is -0.476 e. The van der Waals surface area contributed by atoms with E-state index in [-0.39, 0.29) is 16.5 Å². The quantitative estimate of drug-likeness (QED) is 0.833. The molecule has 0 spiro atoms. The Hall–Kier alpha value is -2.68. The SMILES string of the molecule is NC(=CC(=Nc1nc(C(=O)O)cs1)C(F)(F)F)c1ccccc1. The standard InChI is InChI=1S/C14H10F3N3O2S/c15-14(16,17)11(6-9(18)8-4-2-1-3-5-8)20-13-19-10(7-23-13)12(21)22/h1-7H,18H2,(H,21,22). The van der Waals surface area contributed by atoms with Gasteiger partial charge in [-0.2, -0.15) is 13.2 Å². The molecule has 0 aliphatic rings. The van der Waals surface area contributed by atoms with Crippen LogP contribution in [0.4, 0.5) is 18.3 Å². The zero-order chi connectivity index (χ0) is 17.0. The van der Waals surface area contributed by atoms with Crippen molar-refractivity contribution in [3.8, 4) is 0 Å². The number of aromatic carboxylic acids is 1. The Balaban J connectivity index is 2.41. The highest BCUT2D eigenvalue weighted by atomic mass is 32.1. The Labute approximate surface area is 132 Å². The molecule has 0 bridgehead atoms. The Morgan fingerprint density at radius 1 is 1.30 bits per heavy atom. The van der Waals surface area contributed by atoms with Gasteiger partial charge >= 0.3 is 12.1 Å². The Bertz CT molecular complexity index is 767. The van der Waals surface area contributed by atoms with E-state index in [4.69, 9.17) is 10.8 Å². The fraction of sp³-hybridized carbons (Fsp3) is 0.0714. The third-order valence-corrected chi connectivity index (χ3v) is 3.35. The fourth-order valence-electron chi connectivity index (χ4n) is 1.56. The molecular formula is C14H10F3N3O2S. The van der Waals surface area contributed by atoms with E-state index in [1.165, 1.54) is 0 Å². The van der Waals surface area contributed by atoms with Gasteiger partial charge in [0.15, 0.2) is 5.69 Å². The lowest BCUT2D eigenvalue weighted by Gasteiger charge is -2.08. The fourth-order valence-corrected chi connectivity index (χ4v) is 2.23. The summed E-state index contributed by atoms with van der Waals surface area (Å²) < 4.78 is 39.2.